The van der Waals surface area contributed by atoms with Crippen LogP contribution < -0.4 is 5.32 Å². The van der Waals surface area contributed by atoms with E-state index in [1.165, 1.54) is 18.9 Å². The molecule has 0 spiro atoms. The molecular formula is C14H19NO2. The number of benzene rings is 1. The van der Waals surface area contributed by atoms with Gasteiger partial charge >= 0.3 is 0 Å². The summed E-state index contributed by atoms with van der Waals surface area (Å²) in [6, 6.07) is 5.38. The molecule has 1 aliphatic carbocycles. The first-order chi connectivity index (χ1) is 8.11. The summed E-state index contributed by atoms with van der Waals surface area (Å²) in [4.78, 5) is 11.9. The van der Waals surface area contributed by atoms with Crippen molar-refractivity contribution in [2.45, 2.75) is 39.2 Å². The first-order valence-corrected chi connectivity index (χ1v) is 6.22. The summed E-state index contributed by atoms with van der Waals surface area (Å²) in [5.41, 5.74) is 1.33. The molecule has 0 saturated heterocycles. The van der Waals surface area contributed by atoms with Crippen LogP contribution in [0.2, 0.25) is 0 Å². The maximum absolute atomic E-state index is 11.9. The Kier molecular flexibility index (Phi) is 3.36. The van der Waals surface area contributed by atoms with E-state index < -0.39 is 0 Å². The summed E-state index contributed by atoms with van der Waals surface area (Å²) < 4.78 is 0. The summed E-state index contributed by atoms with van der Waals surface area (Å²) in [7, 11) is 0. The van der Waals surface area contributed by atoms with Gasteiger partial charge in [0.05, 0.1) is 0 Å². The molecule has 1 aromatic rings. The van der Waals surface area contributed by atoms with Gasteiger partial charge in [-0.2, -0.15) is 0 Å². The number of aryl methyl sites for hydroxylation is 1. The lowest BCUT2D eigenvalue weighted by molar-refractivity contribution is 0.0948. The lowest BCUT2D eigenvalue weighted by Gasteiger charge is -2.06. The minimum absolute atomic E-state index is 0.0797. The Morgan fingerprint density at radius 3 is 2.94 bits per heavy atom. The van der Waals surface area contributed by atoms with Gasteiger partial charge in [-0.25, -0.2) is 0 Å². The fourth-order valence-electron chi connectivity index (χ4n) is 2.12. The van der Waals surface area contributed by atoms with Gasteiger partial charge in [-0.3, -0.25) is 4.79 Å². The Bertz CT molecular complexity index is 428. The van der Waals surface area contributed by atoms with Crippen LogP contribution in [-0.2, 0) is 0 Å². The van der Waals surface area contributed by atoms with E-state index in [4.69, 9.17) is 0 Å². The number of phenols is 1. The predicted molar refractivity (Wildman–Crippen MR) is 67.1 cm³/mol. The molecule has 0 radical (unpaired) electrons. The average Bonchev–Trinajstić information content (AvgIpc) is 3.01. The molecule has 0 aliphatic heterocycles. The van der Waals surface area contributed by atoms with Gasteiger partial charge in [0.25, 0.3) is 5.91 Å². The van der Waals surface area contributed by atoms with Crippen LogP contribution in [0, 0.1) is 12.8 Å². The van der Waals surface area contributed by atoms with Crippen molar-refractivity contribution in [1.29, 1.82) is 0 Å². The maximum atomic E-state index is 11.9. The van der Waals surface area contributed by atoms with Crippen LogP contribution >= 0.6 is 0 Å². The Morgan fingerprint density at radius 2 is 2.29 bits per heavy atom. The second-order valence-electron chi connectivity index (χ2n) is 4.87. The number of carbonyl (C=O) groups is 1. The normalized spacial score (nSPS) is 22.2. The highest BCUT2D eigenvalue weighted by molar-refractivity contribution is 5.95. The fourth-order valence-corrected chi connectivity index (χ4v) is 2.12. The van der Waals surface area contributed by atoms with E-state index >= 15 is 0 Å². The third-order valence-electron chi connectivity index (χ3n) is 3.37. The summed E-state index contributed by atoms with van der Waals surface area (Å²) in [6.45, 7) is 3.98. The average molecular weight is 233 g/mol. The number of aromatic hydroxyl groups is 1. The van der Waals surface area contributed by atoms with E-state index in [0.717, 1.165) is 12.0 Å². The molecule has 2 unspecified atom stereocenters. The van der Waals surface area contributed by atoms with Crippen LogP contribution in [0.1, 0.15) is 42.1 Å². The fraction of sp³-hybridized carbons (Fsp3) is 0.500. The number of hydrogen-bond acceptors (Lipinski definition) is 2. The van der Waals surface area contributed by atoms with E-state index in [1.807, 2.05) is 6.92 Å². The van der Waals surface area contributed by atoms with E-state index in [-0.39, 0.29) is 11.7 Å². The highest BCUT2D eigenvalue weighted by Gasteiger charge is 2.37. The molecule has 17 heavy (non-hydrogen) atoms. The van der Waals surface area contributed by atoms with Gasteiger partial charge in [-0.1, -0.05) is 19.4 Å². The number of nitrogens with one attached hydrogen (secondary N) is 1. The molecule has 0 bridgehead atoms. The van der Waals surface area contributed by atoms with Crippen molar-refractivity contribution in [3.63, 3.8) is 0 Å². The number of hydrogen-bond donors (Lipinski definition) is 2. The summed E-state index contributed by atoms with van der Waals surface area (Å²) >= 11 is 0. The molecule has 1 saturated carbocycles. The van der Waals surface area contributed by atoms with E-state index in [0.29, 0.717) is 17.5 Å². The molecule has 0 aromatic heterocycles. The second kappa shape index (κ2) is 4.78. The molecule has 1 aromatic carbocycles. The van der Waals surface area contributed by atoms with Crippen molar-refractivity contribution in [2.24, 2.45) is 5.92 Å². The smallest absolute Gasteiger partial charge is 0.251 e. The van der Waals surface area contributed by atoms with Crippen molar-refractivity contribution < 1.29 is 9.90 Å². The minimum atomic E-state index is -0.0797. The molecule has 92 valence electrons. The first kappa shape index (κ1) is 12.0. The van der Waals surface area contributed by atoms with Crippen LogP contribution in [0.5, 0.6) is 5.75 Å². The minimum Gasteiger partial charge on any atom is -0.508 e. The second-order valence-corrected chi connectivity index (χ2v) is 4.87. The Morgan fingerprint density at radius 1 is 1.53 bits per heavy atom. The van der Waals surface area contributed by atoms with E-state index in [9.17, 15) is 9.90 Å². The Labute approximate surface area is 102 Å². The standard InChI is InChI=1S/C14H19NO2/c1-3-4-10-7-12(10)15-14(17)11-6-5-9(2)13(16)8-11/h5-6,8,10,12,16H,3-4,7H2,1-2H3,(H,15,17). The van der Waals surface area contributed by atoms with Crippen LogP contribution in [-0.4, -0.2) is 17.1 Å². The van der Waals surface area contributed by atoms with Crippen molar-refractivity contribution in [2.75, 3.05) is 0 Å². The molecule has 1 amide bonds. The van der Waals surface area contributed by atoms with Crippen molar-refractivity contribution in [3.05, 3.63) is 29.3 Å². The molecular weight excluding hydrogens is 214 g/mol. The van der Waals surface area contributed by atoms with Gasteiger partial charge in [-0.05, 0) is 43.4 Å². The first-order valence-electron chi connectivity index (χ1n) is 6.22. The molecule has 2 atom stereocenters. The SMILES string of the molecule is CCCC1CC1NC(=O)c1ccc(C)c(O)c1. The van der Waals surface area contributed by atoms with Gasteiger partial charge in [0.2, 0.25) is 0 Å². The number of amides is 1. The predicted octanol–water partition coefficient (Wildman–Crippen LogP) is 2.62. The molecule has 1 fully saturated rings. The Hall–Kier alpha value is -1.51. The molecule has 2 N–H and O–H groups in total. The zero-order valence-corrected chi connectivity index (χ0v) is 10.4. The summed E-state index contributed by atoms with van der Waals surface area (Å²) in [6.07, 6.45) is 3.45. The summed E-state index contributed by atoms with van der Waals surface area (Å²) in [5, 5.41) is 12.6. The largest absolute Gasteiger partial charge is 0.508 e. The summed E-state index contributed by atoms with van der Waals surface area (Å²) in [5.74, 6) is 0.755. The van der Waals surface area contributed by atoms with Crippen LogP contribution in [0.4, 0.5) is 0 Å². The zero-order valence-electron chi connectivity index (χ0n) is 10.4. The molecule has 3 nitrogen and oxygen atoms in total. The third-order valence-corrected chi connectivity index (χ3v) is 3.37. The van der Waals surface area contributed by atoms with E-state index in [1.54, 1.807) is 12.1 Å². The highest BCUT2D eigenvalue weighted by Crippen LogP contribution is 2.34. The quantitative estimate of drug-likeness (QED) is 0.839. The maximum Gasteiger partial charge on any atom is 0.251 e. The highest BCUT2D eigenvalue weighted by atomic mass is 16.3. The van der Waals surface area contributed by atoms with Gasteiger partial charge in [-0.15, -0.1) is 0 Å². The molecule has 1 aliphatic rings. The van der Waals surface area contributed by atoms with Gasteiger partial charge in [0.1, 0.15) is 5.75 Å². The molecule has 0 heterocycles. The van der Waals surface area contributed by atoms with Gasteiger partial charge < -0.3 is 10.4 Å². The lowest BCUT2D eigenvalue weighted by atomic mass is 10.1. The third kappa shape index (κ3) is 2.78. The van der Waals surface area contributed by atoms with E-state index in [2.05, 4.69) is 12.2 Å². The Balaban J connectivity index is 1.94. The number of phenolic OH excluding ortho intramolecular Hbond substituents is 1. The monoisotopic (exact) mass is 233 g/mol. The van der Waals surface area contributed by atoms with Gasteiger partial charge in [0, 0.05) is 11.6 Å². The van der Waals surface area contributed by atoms with Crippen molar-refractivity contribution in [1.82, 2.24) is 5.32 Å². The van der Waals surface area contributed by atoms with Crippen LogP contribution in [0.15, 0.2) is 18.2 Å². The number of carbonyl (C=O) groups excluding carboxylic acids is 1. The molecule has 2 rings (SSSR count). The zero-order chi connectivity index (χ0) is 12.4. The van der Waals surface area contributed by atoms with Gasteiger partial charge in [0.15, 0.2) is 0 Å². The molecule has 3 heteroatoms. The van der Waals surface area contributed by atoms with Crippen molar-refractivity contribution in [3.8, 4) is 5.75 Å². The van der Waals surface area contributed by atoms with Crippen molar-refractivity contribution >= 4 is 5.91 Å². The number of rotatable bonds is 4. The van der Waals surface area contributed by atoms with Crippen LogP contribution in [0.25, 0.3) is 0 Å². The van der Waals surface area contributed by atoms with Crippen LogP contribution in [0.3, 0.4) is 0 Å². The topological polar surface area (TPSA) is 49.3 Å². The lowest BCUT2D eigenvalue weighted by Crippen LogP contribution is -2.26.